The summed E-state index contributed by atoms with van der Waals surface area (Å²) in [4.78, 5) is 10.4. The number of nitrogens with one attached hydrogen (secondary N) is 1. The number of nitro groups is 1. The molecule has 0 saturated carbocycles. The van der Waals surface area contributed by atoms with Gasteiger partial charge in [-0.2, -0.15) is 0 Å². The van der Waals surface area contributed by atoms with Crippen LogP contribution in [0.5, 0.6) is 0 Å². The number of ether oxygens (including phenoxy) is 1. The first kappa shape index (κ1) is 10.9. The lowest BCUT2D eigenvalue weighted by Gasteiger charge is -2.23. The zero-order chi connectivity index (χ0) is 11.4. The average Bonchev–Trinajstić information content (AvgIpc) is 2.31. The summed E-state index contributed by atoms with van der Waals surface area (Å²) in [5.74, 6) is 0. The number of anilines is 1. The van der Waals surface area contributed by atoms with E-state index < -0.39 is 0 Å². The van der Waals surface area contributed by atoms with Crippen LogP contribution in [0.2, 0.25) is 0 Å². The Bertz CT molecular complexity index is 375. The first-order valence-electron chi connectivity index (χ1n) is 5.35. The van der Waals surface area contributed by atoms with E-state index in [1.165, 1.54) is 6.07 Å². The van der Waals surface area contributed by atoms with Crippen molar-refractivity contribution in [1.29, 1.82) is 0 Å². The lowest BCUT2D eigenvalue weighted by molar-refractivity contribution is -0.384. The molecule has 86 valence electrons. The van der Waals surface area contributed by atoms with Crippen molar-refractivity contribution >= 4 is 11.4 Å². The quantitative estimate of drug-likeness (QED) is 0.629. The van der Waals surface area contributed by atoms with Crippen molar-refractivity contribution in [2.45, 2.75) is 18.9 Å². The van der Waals surface area contributed by atoms with Gasteiger partial charge in [0.25, 0.3) is 5.69 Å². The van der Waals surface area contributed by atoms with Gasteiger partial charge in [0.15, 0.2) is 0 Å². The SMILES string of the molecule is O=[N+]([O-])c1ccccc1N[C@H]1CCCOC1. The van der Waals surface area contributed by atoms with Gasteiger partial charge >= 0.3 is 0 Å². The smallest absolute Gasteiger partial charge is 0.292 e. The summed E-state index contributed by atoms with van der Waals surface area (Å²) in [5.41, 5.74) is 0.691. The van der Waals surface area contributed by atoms with Crippen molar-refractivity contribution in [3.05, 3.63) is 34.4 Å². The standard InChI is InChI=1S/C11H14N2O3/c14-13(15)11-6-2-1-5-10(11)12-9-4-3-7-16-8-9/h1-2,5-6,9,12H,3-4,7-8H2/t9-/m0/s1. The molecular formula is C11H14N2O3. The van der Waals surface area contributed by atoms with Crippen molar-refractivity contribution in [3.8, 4) is 0 Å². The van der Waals surface area contributed by atoms with E-state index in [0.29, 0.717) is 12.3 Å². The van der Waals surface area contributed by atoms with Crippen LogP contribution in [0.3, 0.4) is 0 Å². The number of benzene rings is 1. The van der Waals surface area contributed by atoms with E-state index >= 15 is 0 Å². The van der Waals surface area contributed by atoms with Crippen LogP contribution in [0.1, 0.15) is 12.8 Å². The minimum atomic E-state index is -0.369. The van der Waals surface area contributed by atoms with E-state index in [0.717, 1.165) is 19.4 Å². The molecule has 0 amide bonds. The van der Waals surface area contributed by atoms with Gasteiger partial charge in [0, 0.05) is 18.7 Å². The predicted octanol–water partition coefficient (Wildman–Crippen LogP) is 2.19. The van der Waals surface area contributed by atoms with Gasteiger partial charge in [0.05, 0.1) is 11.5 Å². The fraction of sp³-hybridized carbons (Fsp3) is 0.455. The van der Waals surface area contributed by atoms with Gasteiger partial charge in [0.2, 0.25) is 0 Å². The number of rotatable bonds is 3. The predicted molar refractivity (Wildman–Crippen MR) is 60.6 cm³/mol. The molecule has 2 rings (SSSR count). The number of nitro benzene ring substituents is 1. The summed E-state index contributed by atoms with van der Waals surface area (Å²) in [6, 6.07) is 6.87. The zero-order valence-electron chi connectivity index (χ0n) is 8.89. The first-order chi connectivity index (χ1) is 7.77. The molecular weight excluding hydrogens is 208 g/mol. The van der Waals surface area contributed by atoms with Crippen LogP contribution in [0.4, 0.5) is 11.4 Å². The van der Waals surface area contributed by atoms with Crippen LogP contribution in [0, 0.1) is 10.1 Å². The summed E-state index contributed by atoms with van der Waals surface area (Å²) < 4.78 is 5.32. The Morgan fingerprint density at radius 2 is 2.25 bits per heavy atom. The maximum Gasteiger partial charge on any atom is 0.292 e. The molecule has 1 aromatic carbocycles. The molecule has 0 aliphatic carbocycles. The van der Waals surface area contributed by atoms with E-state index in [9.17, 15) is 10.1 Å². The Balaban J connectivity index is 2.10. The van der Waals surface area contributed by atoms with Crippen LogP contribution in [0.25, 0.3) is 0 Å². The molecule has 0 radical (unpaired) electrons. The lowest BCUT2D eigenvalue weighted by atomic mass is 10.1. The second-order valence-corrected chi connectivity index (χ2v) is 3.83. The Hall–Kier alpha value is -1.62. The van der Waals surface area contributed by atoms with E-state index in [1.807, 2.05) is 0 Å². The minimum Gasteiger partial charge on any atom is -0.379 e. The number of para-hydroxylation sites is 2. The normalized spacial score (nSPS) is 20.4. The molecule has 0 unspecified atom stereocenters. The summed E-state index contributed by atoms with van der Waals surface area (Å²) in [6.45, 7) is 1.40. The van der Waals surface area contributed by atoms with E-state index in [1.54, 1.807) is 18.2 Å². The molecule has 0 aromatic heterocycles. The summed E-state index contributed by atoms with van der Waals surface area (Å²) in [5, 5.41) is 14.0. The molecule has 1 aliphatic rings. The Morgan fingerprint density at radius 1 is 1.44 bits per heavy atom. The fourth-order valence-corrected chi connectivity index (χ4v) is 1.83. The molecule has 1 heterocycles. The van der Waals surface area contributed by atoms with Crippen LogP contribution in [0.15, 0.2) is 24.3 Å². The molecule has 0 bridgehead atoms. The fourth-order valence-electron chi connectivity index (χ4n) is 1.83. The third kappa shape index (κ3) is 2.49. The van der Waals surface area contributed by atoms with Crippen LogP contribution in [-0.4, -0.2) is 24.2 Å². The number of hydrogen-bond donors (Lipinski definition) is 1. The molecule has 0 spiro atoms. The van der Waals surface area contributed by atoms with Gasteiger partial charge in [-0.3, -0.25) is 10.1 Å². The summed E-state index contributed by atoms with van der Waals surface area (Å²) in [6.07, 6.45) is 1.99. The third-order valence-electron chi connectivity index (χ3n) is 2.62. The van der Waals surface area contributed by atoms with E-state index in [4.69, 9.17) is 4.74 Å². The molecule has 1 saturated heterocycles. The molecule has 1 fully saturated rings. The highest BCUT2D eigenvalue weighted by Gasteiger charge is 2.18. The highest BCUT2D eigenvalue weighted by Crippen LogP contribution is 2.25. The van der Waals surface area contributed by atoms with Crippen LogP contribution < -0.4 is 5.32 Å². The second-order valence-electron chi connectivity index (χ2n) is 3.83. The molecule has 1 N–H and O–H groups in total. The molecule has 5 nitrogen and oxygen atoms in total. The Morgan fingerprint density at radius 3 is 2.94 bits per heavy atom. The van der Waals surface area contributed by atoms with Crippen LogP contribution in [-0.2, 0) is 4.74 Å². The van der Waals surface area contributed by atoms with Gasteiger partial charge in [-0.25, -0.2) is 0 Å². The topological polar surface area (TPSA) is 64.4 Å². The van der Waals surface area contributed by atoms with Gasteiger partial charge in [-0.15, -0.1) is 0 Å². The maximum atomic E-state index is 10.8. The Kier molecular flexibility index (Phi) is 3.36. The largest absolute Gasteiger partial charge is 0.379 e. The lowest BCUT2D eigenvalue weighted by Crippen LogP contribution is -2.30. The van der Waals surface area contributed by atoms with E-state index in [-0.39, 0.29) is 16.7 Å². The average molecular weight is 222 g/mol. The molecule has 16 heavy (non-hydrogen) atoms. The number of nitrogens with zero attached hydrogens (tertiary/aromatic N) is 1. The van der Waals surface area contributed by atoms with Crippen molar-refractivity contribution < 1.29 is 9.66 Å². The molecule has 5 heteroatoms. The van der Waals surface area contributed by atoms with Crippen molar-refractivity contribution in [3.63, 3.8) is 0 Å². The van der Waals surface area contributed by atoms with Crippen molar-refractivity contribution in [2.75, 3.05) is 18.5 Å². The highest BCUT2D eigenvalue weighted by molar-refractivity contribution is 5.61. The van der Waals surface area contributed by atoms with Gasteiger partial charge in [0.1, 0.15) is 5.69 Å². The molecule has 1 atom stereocenters. The van der Waals surface area contributed by atoms with Crippen molar-refractivity contribution in [1.82, 2.24) is 0 Å². The Labute approximate surface area is 93.6 Å². The number of hydrogen-bond acceptors (Lipinski definition) is 4. The van der Waals surface area contributed by atoms with Gasteiger partial charge in [-0.05, 0) is 18.9 Å². The highest BCUT2D eigenvalue weighted by atomic mass is 16.6. The van der Waals surface area contributed by atoms with Gasteiger partial charge in [-0.1, -0.05) is 12.1 Å². The molecule has 1 aliphatic heterocycles. The van der Waals surface area contributed by atoms with Crippen molar-refractivity contribution in [2.24, 2.45) is 0 Å². The zero-order valence-corrected chi connectivity index (χ0v) is 8.89. The minimum absolute atomic E-state index is 0.119. The first-order valence-corrected chi connectivity index (χ1v) is 5.35. The summed E-state index contributed by atoms with van der Waals surface area (Å²) >= 11 is 0. The maximum absolute atomic E-state index is 10.8. The summed E-state index contributed by atoms with van der Waals surface area (Å²) in [7, 11) is 0. The van der Waals surface area contributed by atoms with Gasteiger partial charge < -0.3 is 10.1 Å². The second kappa shape index (κ2) is 4.94. The third-order valence-corrected chi connectivity index (χ3v) is 2.62. The molecule has 1 aromatic rings. The van der Waals surface area contributed by atoms with E-state index in [2.05, 4.69) is 5.32 Å². The monoisotopic (exact) mass is 222 g/mol. The van der Waals surface area contributed by atoms with Crippen LogP contribution >= 0.6 is 0 Å².